The second-order valence-electron chi connectivity index (χ2n) is 4.26. The molecular formula is C11H12N4O2. The highest BCUT2D eigenvalue weighted by Crippen LogP contribution is 2.35. The van der Waals surface area contributed by atoms with Crippen LogP contribution in [0.3, 0.4) is 0 Å². The van der Waals surface area contributed by atoms with Crippen LogP contribution in [0.25, 0.3) is 0 Å². The molecule has 1 aliphatic rings. The van der Waals surface area contributed by atoms with E-state index in [1.165, 1.54) is 29.7 Å². The van der Waals surface area contributed by atoms with Crippen LogP contribution in [0.2, 0.25) is 0 Å². The third-order valence-electron chi connectivity index (χ3n) is 2.92. The zero-order valence-electron chi connectivity index (χ0n) is 9.17. The number of nitrogens with zero attached hydrogens (tertiary/aromatic N) is 3. The molecule has 1 fully saturated rings. The summed E-state index contributed by atoms with van der Waals surface area (Å²) in [6, 6.07) is 1.88. The van der Waals surface area contributed by atoms with Crippen molar-refractivity contribution in [3.05, 3.63) is 51.3 Å². The van der Waals surface area contributed by atoms with Crippen molar-refractivity contribution in [1.82, 2.24) is 19.1 Å². The number of hydrogen-bond acceptors (Lipinski definition) is 3. The van der Waals surface area contributed by atoms with Gasteiger partial charge in [-0.05, 0) is 12.8 Å². The van der Waals surface area contributed by atoms with Gasteiger partial charge in [0, 0.05) is 24.5 Å². The van der Waals surface area contributed by atoms with E-state index in [0.29, 0.717) is 12.6 Å². The Bertz CT molecular complexity index is 648. The van der Waals surface area contributed by atoms with Crippen LogP contribution in [-0.4, -0.2) is 19.1 Å². The van der Waals surface area contributed by atoms with E-state index in [-0.39, 0.29) is 11.2 Å². The van der Waals surface area contributed by atoms with E-state index in [4.69, 9.17) is 0 Å². The van der Waals surface area contributed by atoms with Gasteiger partial charge in [0.1, 0.15) is 0 Å². The molecule has 1 saturated carbocycles. The monoisotopic (exact) mass is 232 g/mol. The van der Waals surface area contributed by atoms with Crippen molar-refractivity contribution in [2.45, 2.75) is 25.4 Å². The molecule has 0 unspecified atom stereocenters. The standard InChI is InChI=1S/C11H12N4O2/c16-10-3-4-14(11(17)13-10)6-9-5-12-7-15(9)8-1-2-8/h3-5,7-8H,1-2,6H2,(H,13,16,17). The fraction of sp³-hybridized carbons (Fsp3) is 0.364. The molecular weight excluding hydrogens is 220 g/mol. The van der Waals surface area contributed by atoms with Gasteiger partial charge in [0.2, 0.25) is 0 Å². The fourth-order valence-corrected chi connectivity index (χ4v) is 1.88. The average molecular weight is 232 g/mol. The van der Waals surface area contributed by atoms with E-state index in [0.717, 1.165) is 5.69 Å². The number of aromatic amines is 1. The first-order chi connectivity index (χ1) is 8.24. The normalized spacial score (nSPS) is 15.1. The Hall–Kier alpha value is -2.11. The third-order valence-corrected chi connectivity index (χ3v) is 2.92. The maximum atomic E-state index is 11.5. The molecule has 0 atom stereocenters. The summed E-state index contributed by atoms with van der Waals surface area (Å²) >= 11 is 0. The molecule has 2 aromatic rings. The summed E-state index contributed by atoms with van der Waals surface area (Å²) in [7, 11) is 0. The summed E-state index contributed by atoms with van der Waals surface area (Å²) in [5, 5.41) is 0. The molecule has 6 heteroatoms. The van der Waals surface area contributed by atoms with Gasteiger partial charge < -0.3 is 4.57 Å². The molecule has 1 N–H and O–H groups in total. The van der Waals surface area contributed by atoms with Crippen LogP contribution in [0, 0.1) is 0 Å². The van der Waals surface area contributed by atoms with Crippen LogP contribution < -0.4 is 11.2 Å². The van der Waals surface area contributed by atoms with Gasteiger partial charge in [-0.2, -0.15) is 0 Å². The lowest BCUT2D eigenvalue weighted by atomic mass is 10.4. The first-order valence-electron chi connectivity index (χ1n) is 5.54. The smallest absolute Gasteiger partial charge is 0.328 e. The molecule has 0 aromatic carbocycles. The van der Waals surface area contributed by atoms with Crippen LogP contribution >= 0.6 is 0 Å². The highest BCUT2D eigenvalue weighted by molar-refractivity contribution is 5.04. The molecule has 3 rings (SSSR count). The minimum Gasteiger partial charge on any atom is -0.330 e. The Kier molecular flexibility index (Phi) is 2.21. The zero-order valence-corrected chi connectivity index (χ0v) is 9.17. The number of nitrogens with one attached hydrogen (secondary N) is 1. The van der Waals surface area contributed by atoms with Crippen molar-refractivity contribution >= 4 is 0 Å². The molecule has 0 aliphatic heterocycles. The van der Waals surface area contributed by atoms with Gasteiger partial charge in [0.05, 0.1) is 18.6 Å². The Balaban J connectivity index is 1.93. The maximum absolute atomic E-state index is 11.5. The van der Waals surface area contributed by atoms with Gasteiger partial charge >= 0.3 is 5.69 Å². The number of aromatic nitrogens is 4. The lowest BCUT2D eigenvalue weighted by molar-refractivity contribution is 0.633. The van der Waals surface area contributed by atoms with Crippen molar-refractivity contribution in [1.29, 1.82) is 0 Å². The highest BCUT2D eigenvalue weighted by atomic mass is 16.2. The summed E-state index contributed by atoms with van der Waals surface area (Å²) in [6.07, 6.45) is 7.40. The van der Waals surface area contributed by atoms with Crippen molar-refractivity contribution in [2.24, 2.45) is 0 Å². The number of H-pyrrole nitrogens is 1. The van der Waals surface area contributed by atoms with E-state index in [1.807, 2.05) is 0 Å². The van der Waals surface area contributed by atoms with Gasteiger partial charge in [-0.1, -0.05) is 0 Å². The van der Waals surface area contributed by atoms with Gasteiger partial charge in [-0.15, -0.1) is 0 Å². The summed E-state index contributed by atoms with van der Waals surface area (Å²) in [5.41, 5.74) is 0.227. The molecule has 0 saturated heterocycles. The quantitative estimate of drug-likeness (QED) is 0.816. The zero-order chi connectivity index (χ0) is 11.8. The van der Waals surface area contributed by atoms with Crippen molar-refractivity contribution in [3.63, 3.8) is 0 Å². The number of rotatable bonds is 3. The van der Waals surface area contributed by atoms with Gasteiger partial charge in [0.15, 0.2) is 0 Å². The first kappa shape index (κ1) is 10.1. The summed E-state index contributed by atoms with van der Waals surface area (Å²) in [5.74, 6) is 0. The largest absolute Gasteiger partial charge is 0.330 e. The van der Waals surface area contributed by atoms with Gasteiger partial charge in [-0.3, -0.25) is 14.3 Å². The SMILES string of the molecule is O=c1ccn(Cc2cncn2C2CC2)c(=O)[nH]1. The molecule has 88 valence electrons. The summed E-state index contributed by atoms with van der Waals surface area (Å²) < 4.78 is 3.56. The van der Waals surface area contributed by atoms with Gasteiger partial charge in [0.25, 0.3) is 5.56 Å². The minimum absolute atomic E-state index is 0.373. The van der Waals surface area contributed by atoms with Crippen LogP contribution in [0.15, 0.2) is 34.4 Å². The second-order valence-corrected chi connectivity index (χ2v) is 4.26. The Labute approximate surface area is 96.6 Å². The molecule has 2 aromatic heterocycles. The van der Waals surface area contributed by atoms with Crippen LogP contribution in [0.1, 0.15) is 24.6 Å². The van der Waals surface area contributed by atoms with Crippen LogP contribution in [-0.2, 0) is 6.54 Å². The molecule has 0 bridgehead atoms. The molecule has 0 amide bonds. The van der Waals surface area contributed by atoms with E-state index in [9.17, 15) is 9.59 Å². The molecule has 2 heterocycles. The van der Waals surface area contributed by atoms with Crippen molar-refractivity contribution < 1.29 is 0 Å². The number of hydrogen-bond donors (Lipinski definition) is 1. The molecule has 17 heavy (non-hydrogen) atoms. The minimum atomic E-state index is -0.388. The second kappa shape index (κ2) is 3.73. The number of imidazole rings is 1. The van der Waals surface area contributed by atoms with E-state index >= 15 is 0 Å². The summed E-state index contributed by atoms with van der Waals surface area (Å²) in [6.45, 7) is 0.437. The Morgan fingerprint density at radius 1 is 1.41 bits per heavy atom. The van der Waals surface area contributed by atoms with E-state index in [1.54, 1.807) is 12.5 Å². The third kappa shape index (κ3) is 1.93. The summed E-state index contributed by atoms with van der Waals surface area (Å²) in [4.78, 5) is 28.8. The predicted molar refractivity (Wildman–Crippen MR) is 60.9 cm³/mol. The fourth-order valence-electron chi connectivity index (χ4n) is 1.88. The lowest BCUT2D eigenvalue weighted by Crippen LogP contribution is -2.29. The molecule has 1 aliphatic carbocycles. The molecule has 0 spiro atoms. The highest BCUT2D eigenvalue weighted by Gasteiger charge is 2.25. The van der Waals surface area contributed by atoms with Crippen molar-refractivity contribution in [2.75, 3.05) is 0 Å². The van der Waals surface area contributed by atoms with E-state index in [2.05, 4.69) is 14.5 Å². The van der Waals surface area contributed by atoms with E-state index < -0.39 is 0 Å². The van der Waals surface area contributed by atoms with Crippen molar-refractivity contribution in [3.8, 4) is 0 Å². The lowest BCUT2D eigenvalue weighted by Gasteiger charge is -2.07. The first-order valence-corrected chi connectivity index (χ1v) is 5.54. The predicted octanol–water partition coefficient (Wildman–Crippen LogP) is 0.116. The molecule has 6 nitrogen and oxygen atoms in total. The topological polar surface area (TPSA) is 72.7 Å². The van der Waals surface area contributed by atoms with Gasteiger partial charge in [-0.25, -0.2) is 9.78 Å². The Morgan fingerprint density at radius 3 is 2.94 bits per heavy atom. The molecule has 0 radical (unpaired) electrons. The average Bonchev–Trinajstić information content (AvgIpc) is 3.03. The van der Waals surface area contributed by atoms with Crippen LogP contribution in [0.4, 0.5) is 0 Å². The Morgan fingerprint density at radius 2 is 2.24 bits per heavy atom. The maximum Gasteiger partial charge on any atom is 0.328 e. The van der Waals surface area contributed by atoms with Crippen LogP contribution in [0.5, 0.6) is 0 Å².